The first-order valence-corrected chi connectivity index (χ1v) is 12.6. The Hall–Kier alpha value is -3.72. The highest BCUT2D eigenvalue weighted by atomic mass is 19.1. The van der Waals surface area contributed by atoms with E-state index in [1.165, 1.54) is 37.1 Å². The van der Waals surface area contributed by atoms with Crippen molar-refractivity contribution in [3.05, 3.63) is 60.4 Å². The minimum atomic E-state index is -0.441. The summed E-state index contributed by atoms with van der Waals surface area (Å²) >= 11 is 0. The maximum Gasteiger partial charge on any atom is 0.167 e. The molecule has 4 aromatic heterocycles. The molecule has 0 spiro atoms. The van der Waals surface area contributed by atoms with E-state index < -0.39 is 5.82 Å². The quantitative estimate of drug-likeness (QED) is 0.350. The lowest BCUT2D eigenvalue weighted by atomic mass is 9.79. The predicted octanol–water partition coefficient (Wildman–Crippen LogP) is 5.04. The Balaban J connectivity index is 1.42. The molecule has 1 aliphatic heterocycles. The molecule has 9 heteroatoms. The fourth-order valence-electron chi connectivity index (χ4n) is 5.01. The number of fused-ring (bicyclic) bond motifs is 1. The molecule has 1 aliphatic carbocycles. The fraction of sp³-hybridized carbons (Fsp3) is 0.370. The summed E-state index contributed by atoms with van der Waals surface area (Å²) in [5.41, 5.74) is 2.84. The lowest BCUT2D eigenvalue weighted by Crippen LogP contribution is -2.42. The lowest BCUT2D eigenvalue weighted by molar-refractivity contribution is 0.368. The van der Waals surface area contributed by atoms with E-state index in [1.807, 2.05) is 24.5 Å². The highest BCUT2D eigenvalue weighted by Gasteiger charge is 2.27. The van der Waals surface area contributed by atoms with E-state index in [2.05, 4.69) is 37.8 Å². The van der Waals surface area contributed by atoms with Crippen molar-refractivity contribution in [3.63, 3.8) is 0 Å². The van der Waals surface area contributed by atoms with E-state index in [9.17, 15) is 4.39 Å². The second-order valence-corrected chi connectivity index (χ2v) is 9.76. The average molecular weight is 485 g/mol. The summed E-state index contributed by atoms with van der Waals surface area (Å²) in [5, 5.41) is 11.3. The van der Waals surface area contributed by atoms with Gasteiger partial charge in [-0.05, 0) is 74.0 Å². The standard InChI is InChI=1S/C27H29FN8/c1-16-13-29-10-8-21(16)33-27-24-19(17-4-2-5-17)14-30-15-22(24)34-25(36-27)18-7-11-31-23(12-18)35-26-20(28)6-3-9-32-26/h3,6-7,9,11-12,14-17,21,29H,2,4-5,8,10,13H2,1H3,(H,31,32,35)(H,33,34,36)/t16-,21-/m0/s1. The second-order valence-electron chi connectivity index (χ2n) is 9.76. The maximum atomic E-state index is 14.1. The van der Waals surface area contributed by atoms with Crippen molar-refractivity contribution in [1.29, 1.82) is 0 Å². The third kappa shape index (κ3) is 4.46. The van der Waals surface area contributed by atoms with E-state index >= 15 is 0 Å². The van der Waals surface area contributed by atoms with Crippen LogP contribution >= 0.6 is 0 Å². The Morgan fingerprint density at radius 1 is 1.03 bits per heavy atom. The number of hydrogen-bond acceptors (Lipinski definition) is 8. The molecule has 0 unspecified atom stereocenters. The first-order chi connectivity index (χ1) is 17.7. The topological polar surface area (TPSA) is 101 Å². The molecule has 1 saturated carbocycles. The van der Waals surface area contributed by atoms with Gasteiger partial charge in [-0.1, -0.05) is 13.3 Å². The van der Waals surface area contributed by atoms with Crippen LogP contribution in [0.1, 0.15) is 44.1 Å². The van der Waals surface area contributed by atoms with Gasteiger partial charge in [0.1, 0.15) is 11.6 Å². The monoisotopic (exact) mass is 484 g/mol. The number of pyridine rings is 3. The van der Waals surface area contributed by atoms with Crippen LogP contribution in [0.4, 0.5) is 21.8 Å². The molecule has 0 bridgehead atoms. The van der Waals surface area contributed by atoms with Crippen LogP contribution in [0.25, 0.3) is 22.3 Å². The van der Waals surface area contributed by atoms with Crippen LogP contribution in [0.2, 0.25) is 0 Å². The molecule has 3 N–H and O–H groups in total. The zero-order valence-electron chi connectivity index (χ0n) is 20.2. The first-order valence-electron chi connectivity index (χ1n) is 12.6. The van der Waals surface area contributed by atoms with Crippen molar-refractivity contribution in [1.82, 2.24) is 30.2 Å². The van der Waals surface area contributed by atoms with E-state index in [4.69, 9.17) is 9.97 Å². The lowest BCUT2D eigenvalue weighted by Gasteiger charge is -2.32. The largest absolute Gasteiger partial charge is 0.366 e. The number of aromatic nitrogens is 5. The summed E-state index contributed by atoms with van der Waals surface area (Å²) in [6.07, 6.45) is 11.6. The number of halogens is 1. The van der Waals surface area contributed by atoms with Gasteiger partial charge in [-0.25, -0.2) is 24.3 Å². The summed E-state index contributed by atoms with van der Waals surface area (Å²) < 4.78 is 14.1. The average Bonchev–Trinajstić information content (AvgIpc) is 2.86. The van der Waals surface area contributed by atoms with E-state index in [-0.39, 0.29) is 5.82 Å². The molecule has 2 atom stereocenters. The van der Waals surface area contributed by atoms with Crippen LogP contribution < -0.4 is 16.0 Å². The van der Waals surface area contributed by atoms with Crippen LogP contribution in [0.15, 0.2) is 49.1 Å². The Bertz CT molecular complexity index is 1390. The Kier molecular flexibility index (Phi) is 6.14. The number of piperidine rings is 1. The smallest absolute Gasteiger partial charge is 0.167 e. The van der Waals surface area contributed by atoms with Crippen LogP contribution in [0, 0.1) is 11.7 Å². The Morgan fingerprint density at radius 3 is 2.75 bits per heavy atom. The molecule has 1 saturated heterocycles. The van der Waals surface area contributed by atoms with Gasteiger partial charge in [0.05, 0.1) is 11.7 Å². The Labute approximate surface area is 209 Å². The zero-order chi connectivity index (χ0) is 24.5. The van der Waals surface area contributed by atoms with Gasteiger partial charge in [0.25, 0.3) is 0 Å². The van der Waals surface area contributed by atoms with Gasteiger partial charge in [-0.15, -0.1) is 0 Å². The van der Waals surface area contributed by atoms with Crippen LogP contribution in [-0.2, 0) is 0 Å². The second kappa shape index (κ2) is 9.73. The van der Waals surface area contributed by atoms with Gasteiger partial charge in [0, 0.05) is 35.6 Å². The maximum absolute atomic E-state index is 14.1. The third-order valence-electron chi connectivity index (χ3n) is 7.31. The van der Waals surface area contributed by atoms with Gasteiger partial charge < -0.3 is 16.0 Å². The minimum Gasteiger partial charge on any atom is -0.366 e. The molecular formula is C27H29FN8. The summed E-state index contributed by atoms with van der Waals surface area (Å²) in [5.74, 6) is 2.57. The number of rotatable bonds is 6. The summed E-state index contributed by atoms with van der Waals surface area (Å²) in [7, 11) is 0. The fourth-order valence-corrected chi connectivity index (χ4v) is 5.01. The molecule has 8 nitrogen and oxygen atoms in total. The highest BCUT2D eigenvalue weighted by molar-refractivity contribution is 5.93. The van der Waals surface area contributed by atoms with Crippen molar-refractivity contribution >= 4 is 28.4 Å². The van der Waals surface area contributed by atoms with E-state index in [1.54, 1.807) is 12.3 Å². The zero-order valence-corrected chi connectivity index (χ0v) is 20.2. The van der Waals surface area contributed by atoms with Crippen LogP contribution in [0.3, 0.4) is 0 Å². The minimum absolute atomic E-state index is 0.123. The summed E-state index contributed by atoms with van der Waals surface area (Å²) in [4.78, 5) is 22.9. The summed E-state index contributed by atoms with van der Waals surface area (Å²) in [6.45, 7) is 4.23. The van der Waals surface area contributed by atoms with Crippen LogP contribution in [0.5, 0.6) is 0 Å². The molecule has 0 radical (unpaired) electrons. The number of anilines is 3. The van der Waals surface area contributed by atoms with Gasteiger partial charge >= 0.3 is 0 Å². The summed E-state index contributed by atoms with van der Waals surface area (Å²) in [6, 6.07) is 6.91. The van der Waals surface area contributed by atoms with Gasteiger partial charge in [-0.2, -0.15) is 0 Å². The molecule has 0 aromatic carbocycles. The number of nitrogens with one attached hydrogen (secondary N) is 3. The molecule has 36 heavy (non-hydrogen) atoms. The van der Waals surface area contributed by atoms with Crippen molar-refractivity contribution in [3.8, 4) is 11.4 Å². The van der Waals surface area contributed by atoms with Crippen molar-refractivity contribution in [2.45, 2.75) is 44.6 Å². The molecule has 184 valence electrons. The van der Waals surface area contributed by atoms with E-state index in [0.717, 1.165) is 41.8 Å². The SMILES string of the molecule is C[C@H]1CNCC[C@@H]1Nc1nc(-c2ccnc(Nc3ncccc3F)c2)nc2cncc(C3CCC3)c12. The predicted molar refractivity (Wildman–Crippen MR) is 139 cm³/mol. The molecule has 2 aliphatic rings. The molecular weight excluding hydrogens is 455 g/mol. The van der Waals surface area contributed by atoms with Gasteiger partial charge in [-0.3, -0.25) is 4.98 Å². The molecule has 0 amide bonds. The molecule has 2 fully saturated rings. The van der Waals surface area contributed by atoms with Crippen molar-refractivity contribution in [2.75, 3.05) is 23.7 Å². The normalized spacial score (nSPS) is 20.2. The first kappa shape index (κ1) is 22.7. The number of hydrogen-bond donors (Lipinski definition) is 3. The van der Waals surface area contributed by atoms with E-state index in [0.29, 0.717) is 29.5 Å². The third-order valence-corrected chi connectivity index (χ3v) is 7.31. The van der Waals surface area contributed by atoms with Gasteiger partial charge in [0.15, 0.2) is 17.5 Å². The molecule has 6 rings (SSSR count). The highest BCUT2D eigenvalue weighted by Crippen LogP contribution is 2.41. The molecule has 4 aromatic rings. The van der Waals surface area contributed by atoms with Crippen molar-refractivity contribution in [2.24, 2.45) is 5.92 Å². The Morgan fingerprint density at radius 2 is 1.94 bits per heavy atom. The number of nitrogens with zero attached hydrogens (tertiary/aromatic N) is 5. The van der Waals surface area contributed by atoms with Crippen molar-refractivity contribution < 1.29 is 4.39 Å². The van der Waals surface area contributed by atoms with Gasteiger partial charge in [0.2, 0.25) is 0 Å². The molecule has 5 heterocycles. The van der Waals surface area contributed by atoms with Crippen LogP contribution in [-0.4, -0.2) is 44.1 Å².